The summed E-state index contributed by atoms with van der Waals surface area (Å²) in [4.78, 5) is 12.5. The zero-order valence-electron chi connectivity index (χ0n) is 15.2. The van der Waals surface area contributed by atoms with Crippen LogP contribution in [0.2, 0.25) is 5.02 Å². The van der Waals surface area contributed by atoms with Crippen LogP contribution in [0.3, 0.4) is 0 Å². The number of hydrogen-bond donors (Lipinski definition) is 1. The van der Waals surface area contributed by atoms with Crippen molar-refractivity contribution in [3.8, 4) is 0 Å². The SMILES string of the molecule is Cc1ccccc1NC(=O)C1CCN(S(=O)(=O)Cc2ccccc2Cl)CC1. The number of hydrogen-bond acceptors (Lipinski definition) is 3. The second-order valence-corrected chi connectivity index (χ2v) is 9.20. The van der Waals surface area contributed by atoms with Gasteiger partial charge in [-0.3, -0.25) is 4.79 Å². The van der Waals surface area contributed by atoms with Crippen molar-refractivity contribution in [3.05, 3.63) is 64.7 Å². The summed E-state index contributed by atoms with van der Waals surface area (Å²) < 4.78 is 26.8. The monoisotopic (exact) mass is 406 g/mol. The first-order chi connectivity index (χ1) is 12.9. The zero-order chi connectivity index (χ0) is 19.4. The van der Waals surface area contributed by atoms with Crippen LogP contribution in [0.15, 0.2) is 48.5 Å². The highest BCUT2D eigenvalue weighted by molar-refractivity contribution is 7.88. The molecule has 1 heterocycles. The van der Waals surface area contributed by atoms with Gasteiger partial charge in [0.1, 0.15) is 0 Å². The van der Waals surface area contributed by atoms with E-state index in [0.29, 0.717) is 36.5 Å². The third-order valence-corrected chi connectivity index (χ3v) is 7.11. The topological polar surface area (TPSA) is 66.5 Å². The van der Waals surface area contributed by atoms with E-state index >= 15 is 0 Å². The van der Waals surface area contributed by atoms with E-state index in [9.17, 15) is 13.2 Å². The molecule has 1 aliphatic heterocycles. The van der Waals surface area contributed by atoms with Gasteiger partial charge in [0, 0.05) is 29.7 Å². The van der Waals surface area contributed by atoms with Crippen molar-refractivity contribution >= 4 is 33.2 Å². The maximum Gasteiger partial charge on any atom is 0.227 e. The summed E-state index contributed by atoms with van der Waals surface area (Å²) in [6.45, 7) is 2.64. The molecule has 0 atom stereocenters. The third kappa shape index (κ3) is 4.89. The molecule has 5 nitrogen and oxygen atoms in total. The Morgan fingerprint density at radius 2 is 1.74 bits per heavy atom. The summed E-state index contributed by atoms with van der Waals surface area (Å²) in [6, 6.07) is 14.6. The van der Waals surface area contributed by atoms with Crippen molar-refractivity contribution in [2.45, 2.75) is 25.5 Å². The first-order valence-electron chi connectivity index (χ1n) is 8.94. The van der Waals surface area contributed by atoms with E-state index < -0.39 is 10.0 Å². The minimum Gasteiger partial charge on any atom is -0.326 e. The van der Waals surface area contributed by atoms with Gasteiger partial charge in [0.05, 0.1) is 5.75 Å². The van der Waals surface area contributed by atoms with Gasteiger partial charge in [-0.25, -0.2) is 12.7 Å². The van der Waals surface area contributed by atoms with Crippen LogP contribution in [0.5, 0.6) is 0 Å². The van der Waals surface area contributed by atoms with Crippen LogP contribution >= 0.6 is 11.6 Å². The van der Waals surface area contributed by atoms with Gasteiger partial charge in [0.2, 0.25) is 15.9 Å². The Morgan fingerprint density at radius 1 is 1.11 bits per heavy atom. The predicted molar refractivity (Wildman–Crippen MR) is 108 cm³/mol. The van der Waals surface area contributed by atoms with Crippen LogP contribution in [-0.4, -0.2) is 31.7 Å². The first kappa shape index (κ1) is 19.9. The molecule has 1 N–H and O–H groups in total. The Morgan fingerprint density at radius 3 is 2.41 bits per heavy atom. The van der Waals surface area contributed by atoms with E-state index in [1.165, 1.54) is 4.31 Å². The van der Waals surface area contributed by atoms with Crippen LogP contribution in [0.1, 0.15) is 24.0 Å². The minimum atomic E-state index is -3.46. The molecule has 0 spiro atoms. The van der Waals surface area contributed by atoms with Gasteiger partial charge in [-0.05, 0) is 43.0 Å². The van der Waals surface area contributed by atoms with Crippen molar-refractivity contribution in [1.29, 1.82) is 0 Å². The van der Waals surface area contributed by atoms with Gasteiger partial charge >= 0.3 is 0 Å². The quantitative estimate of drug-likeness (QED) is 0.820. The largest absolute Gasteiger partial charge is 0.326 e. The number of nitrogens with one attached hydrogen (secondary N) is 1. The number of rotatable bonds is 5. The van der Waals surface area contributed by atoms with E-state index in [0.717, 1.165) is 11.3 Å². The average molecular weight is 407 g/mol. The predicted octanol–water partition coefficient (Wildman–Crippen LogP) is 3.83. The molecule has 1 saturated heterocycles. The molecule has 7 heteroatoms. The van der Waals surface area contributed by atoms with Crippen LogP contribution in [0, 0.1) is 12.8 Å². The molecule has 27 heavy (non-hydrogen) atoms. The Balaban J connectivity index is 1.59. The molecule has 0 aromatic heterocycles. The lowest BCUT2D eigenvalue weighted by atomic mass is 9.97. The van der Waals surface area contributed by atoms with Gasteiger partial charge in [-0.1, -0.05) is 48.0 Å². The molecule has 0 saturated carbocycles. The number of carbonyl (C=O) groups is 1. The molecule has 2 aromatic rings. The van der Waals surface area contributed by atoms with E-state index in [4.69, 9.17) is 11.6 Å². The Kier molecular flexibility index (Phi) is 6.19. The Bertz CT molecular complexity index is 922. The number of nitrogens with zero attached hydrogens (tertiary/aromatic N) is 1. The maximum atomic E-state index is 12.7. The standard InChI is InChI=1S/C20H23ClN2O3S/c1-15-6-2-5-9-19(15)22-20(24)16-10-12-23(13-11-16)27(25,26)14-17-7-3-4-8-18(17)21/h2-9,16H,10-14H2,1H3,(H,22,24). The number of carbonyl (C=O) groups excluding carboxylic acids is 1. The van der Waals surface area contributed by atoms with Crippen LogP contribution in [0.25, 0.3) is 0 Å². The molecule has 2 aromatic carbocycles. The average Bonchev–Trinajstić information content (AvgIpc) is 2.65. The normalized spacial score (nSPS) is 16.2. The lowest BCUT2D eigenvalue weighted by molar-refractivity contribution is -0.120. The summed E-state index contributed by atoms with van der Waals surface area (Å²) in [5, 5.41) is 3.41. The smallest absolute Gasteiger partial charge is 0.227 e. The third-order valence-electron chi connectivity index (χ3n) is 4.92. The van der Waals surface area contributed by atoms with E-state index in [1.54, 1.807) is 24.3 Å². The number of anilines is 1. The number of aryl methyl sites for hydroxylation is 1. The summed E-state index contributed by atoms with van der Waals surface area (Å²) in [5.41, 5.74) is 2.40. The number of para-hydroxylation sites is 1. The van der Waals surface area contributed by atoms with Crippen LogP contribution in [0.4, 0.5) is 5.69 Å². The zero-order valence-corrected chi connectivity index (χ0v) is 16.8. The molecule has 0 bridgehead atoms. The molecule has 3 rings (SSSR count). The Hall–Kier alpha value is -1.89. The van der Waals surface area contributed by atoms with E-state index in [-0.39, 0.29) is 17.6 Å². The van der Waals surface area contributed by atoms with Gasteiger partial charge < -0.3 is 5.32 Å². The van der Waals surface area contributed by atoms with Crippen LogP contribution < -0.4 is 5.32 Å². The second kappa shape index (κ2) is 8.42. The highest BCUT2D eigenvalue weighted by atomic mass is 35.5. The molecule has 0 unspecified atom stereocenters. The van der Waals surface area contributed by atoms with Gasteiger partial charge in [-0.15, -0.1) is 0 Å². The fourth-order valence-corrected chi connectivity index (χ4v) is 5.12. The summed E-state index contributed by atoms with van der Waals surface area (Å²) in [6.07, 6.45) is 1.03. The molecule has 144 valence electrons. The molecule has 1 fully saturated rings. The highest BCUT2D eigenvalue weighted by Crippen LogP contribution is 2.25. The van der Waals surface area contributed by atoms with Gasteiger partial charge in [0.15, 0.2) is 0 Å². The summed E-state index contributed by atoms with van der Waals surface area (Å²) >= 11 is 6.09. The molecule has 0 aliphatic carbocycles. The van der Waals surface area contributed by atoms with E-state index in [2.05, 4.69) is 5.32 Å². The lowest BCUT2D eigenvalue weighted by Crippen LogP contribution is -2.42. The van der Waals surface area contributed by atoms with Crippen molar-refractivity contribution in [3.63, 3.8) is 0 Å². The van der Waals surface area contributed by atoms with Crippen molar-refractivity contribution in [2.75, 3.05) is 18.4 Å². The molecule has 1 amide bonds. The van der Waals surface area contributed by atoms with E-state index in [1.807, 2.05) is 31.2 Å². The molecule has 0 radical (unpaired) electrons. The van der Waals surface area contributed by atoms with Crippen molar-refractivity contribution in [1.82, 2.24) is 4.31 Å². The fraction of sp³-hybridized carbons (Fsp3) is 0.350. The molecule has 1 aliphatic rings. The molecular weight excluding hydrogens is 384 g/mol. The number of piperidine rings is 1. The number of benzene rings is 2. The minimum absolute atomic E-state index is 0.0487. The maximum absolute atomic E-state index is 12.7. The Labute approximate surface area is 165 Å². The van der Waals surface area contributed by atoms with Crippen molar-refractivity contribution < 1.29 is 13.2 Å². The molecular formula is C20H23ClN2O3S. The lowest BCUT2D eigenvalue weighted by Gasteiger charge is -2.30. The number of halogens is 1. The second-order valence-electron chi connectivity index (χ2n) is 6.83. The van der Waals surface area contributed by atoms with Crippen molar-refractivity contribution in [2.24, 2.45) is 5.92 Å². The first-order valence-corrected chi connectivity index (χ1v) is 10.9. The van der Waals surface area contributed by atoms with Crippen LogP contribution in [-0.2, 0) is 20.6 Å². The van der Waals surface area contributed by atoms with Gasteiger partial charge in [0.25, 0.3) is 0 Å². The highest BCUT2D eigenvalue weighted by Gasteiger charge is 2.31. The summed E-state index contributed by atoms with van der Waals surface area (Å²) in [7, 11) is -3.46. The summed E-state index contributed by atoms with van der Waals surface area (Å²) in [5.74, 6) is -0.351. The fourth-order valence-electron chi connectivity index (χ4n) is 3.25. The number of sulfonamides is 1. The number of amides is 1. The van der Waals surface area contributed by atoms with Gasteiger partial charge in [-0.2, -0.15) is 0 Å².